The van der Waals surface area contributed by atoms with E-state index in [4.69, 9.17) is 5.26 Å². The molecule has 0 radical (unpaired) electrons. The molecule has 0 aliphatic heterocycles. The summed E-state index contributed by atoms with van der Waals surface area (Å²) in [5, 5.41) is 11.6. The summed E-state index contributed by atoms with van der Waals surface area (Å²) in [7, 11) is -3.66. The average Bonchev–Trinajstić information content (AvgIpc) is 2.62. The standard InChI is InChI=1S/C19H21N3O3S/c1-4-22(5-2)26(24,25)18-12-16(10-9-14(18)3)19(23)21-17-8-6-7-15(11-17)13-20/h6-12H,4-5H2,1-3H3,(H,21,23). The first-order valence-corrected chi connectivity index (χ1v) is 9.69. The molecule has 0 saturated heterocycles. The molecule has 2 aromatic rings. The number of anilines is 1. The van der Waals surface area contributed by atoms with E-state index >= 15 is 0 Å². The number of aryl methyl sites for hydroxylation is 1. The molecule has 0 bridgehead atoms. The highest BCUT2D eigenvalue weighted by molar-refractivity contribution is 7.89. The maximum atomic E-state index is 12.8. The van der Waals surface area contributed by atoms with Gasteiger partial charge in [0.15, 0.2) is 0 Å². The molecule has 1 N–H and O–H groups in total. The van der Waals surface area contributed by atoms with Crippen molar-refractivity contribution in [1.82, 2.24) is 4.31 Å². The Hall–Kier alpha value is -2.69. The fourth-order valence-corrected chi connectivity index (χ4v) is 4.30. The topological polar surface area (TPSA) is 90.3 Å². The van der Waals surface area contributed by atoms with Crippen LogP contribution in [0.25, 0.3) is 0 Å². The fourth-order valence-electron chi connectivity index (χ4n) is 2.59. The van der Waals surface area contributed by atoms with Crippen LogP contribution < -0.4 is 5.32 Å². The molecule has 2 rings (SSSR count). The van der Waals surface area contributed by atoms with Gasteiger partial charge in [-0.05, 0) is 42.8 Å². The second kappa shape index (κ2) is 8.13. The first kappa shape index (κ1) is 19.6. The van der Waals surface area contributed by atoms with Crippen LogP contribution in [0, 0.1) is 18.3 Å². The highest BCUT2D eigenvalue weighted by Gasteiger charge is 2.24. The van der Waals surface area contributed by atoms with Crippen molar-refractivity contribution in [1.29, 1.82) is 5.26 Å². The molecule has 26 heavy (non-hydrogen) atoms. The molecule has 0 aromatic heterocycles. The zero-order valence-electron chi connectivity index (χ0n) is 15.0. The average molecular weight is 371 g/mol. The summed E-state index contributed by atoms with van der Waals surface area (Å²) in [6.07, 6.45) is 0. The van der Waals surface area contributed by atoms with Crippen LogP contribution in [-0.2, 0) is 10.0 Å². The summed E-state index contributed by atoms with van der Waals surface area (Å²) < 4.78 is 26.9. The molecular formula is C19H21N3O3S. The SMILES string of the molecule is CCN(CC)S(=O)(=O)c1cc(C(=O)Nc2cccc(C#N)c2)ccc1C. The molecule has 0 fully saturated rings. The van der Waals surface area contributed by atoms with Gasteiger partial charge in [0.25, 0.3) is 5.91 Å². The predicted octanol–water partition coefficient (Wildman–Crippen LogP) is 3.15. The highest BCUT2D eigenvalue weighted by atomic mass is 32.2. The van der Waals surface area contributed by atoms with Crippen LogP contribution in [0.4, 0.5) is 5.69 Å². The Morgan fingerprint density at radius 3 is 2.46 bits per heavy atom. The van der Waals surface area contributed by atoms with Gasteiger partial charge in [-0.2, -0.15) is 9.57 Å². The first-order valence-electron chi connectivity index (χ1n) is 8.25. The quantitative estimate of drug-likeness (QED) is 0.844. The summed E-state index contributed by atoms with van der Waals surface area (Å²) in [5.41, 5.74) is 1.72. The van der Waals surface area contributed by atoms with Gasteiger partial charge in [-0.15, -0.1) is 0 Å². The van der Waals surface area contributed by atoms with Gasteiger partial charge in [0, 0.05) is 24.3 Å². The van der Waals surface area contributed by atoms with Crippen LogP contribution in [0.2, 0.25) is 0 Å². The molecule has 0 spiro atoms. The lowest BCUT2D eigenvalue weighted by Gasteiger charge is -2.20. The molecule has 0 heterocycles. The van der Waals surface area contributed by atoms with Crippen molar-refractivity contribution in [3.8, 4) is 6.07 Å². The van der Waals surface area contributed by atoms with Gasteiger partial charge in [-0.25, -0.2) is 8.42 Å². The second-order valence-corrected chi connectivity index (χ2v) is 7.62. The first-order chi connectivity index (χ1) is 12.3. The predicted molar refractivity (Wildman–Crippen MR) is 100 cm³/mol. The van der Waals surface area contributed by atoms with Gasteiger partial charge in [0.1, 0.15) is 0 Å². The number of nitriles is 1. The molecule has 6 nitrogen and oxygen atoms in total. The monoisotopic (exact) mass is 371 g/mol. The number of hydrogen-bond donors (Lipinski definition) is 1. The molecular weight excluding hydrogens is 350 g/mol. The molecule has 0 saturated carbocycles. The Balaban J connectivity index is 2.37. The molecule has 0 unspecified atom stereocenters. The number of carbonyl (C=O) groups excluding carboxylic acids is 1. The van der Waals surface area contributed by atoms with Gasteiger partial charge >= 0.3 is 0 Å². The van der Waals surface area contributed by atoms with E-state index in [1.54, 1.807) is 57.2 Å². The Labute approximate surface area is 154 Å². The number of amides is 1. The number of nitrogens with zero attached hydrogens (tertiary/aromatic N) is 2. The minimum atomic E-state index is -3.66. The van der Waals surface area contributed by atoms with Gasteiger partial charge in [0.05, 0.1) is 16.5 Å². The van der Waals surface area contributed by atoms with Crippen LogP contribution in [0.1, 0.15) is 35.3 Å². The Bertz CT molecular complexity index is 958. The lowest BCUT2D eigenvalue weighted by atomic mass is 10.1. The third-order valence-electron chi connectivity index (χ3n) is 4.02. The fraction of sp³-hybridized carbons (Fsp3) is 0.263. The third-order valence-corrected chi connectivity index (χ3v) is 6.21. The maximum absolute atomic E-state index is 12.8. The van der Waals surface area contributed by atoms with E-state index in [0.29, 0.717) is 29.9 Å². The van der Waals surface area contributed by atoms with Crippen LogP contribution in [-0.4, -0.2) is 31.7 Å². The van der Waals surface area contributed by atoms with Crippen molar-refractivity contribution in [2.75, 3.05) is 18.4 Å². The molecule has 7 heteroatoms. The molecule has 0 aliphatic carbocycles. The van der Waals surface area contributed by atoms with E-state index in [1.807, 2.05) is 6.07 Å². The van der Waals surface area contributed by atoms with E-state index in [-0.39, 0.29) is 10.5 Å². The van der Waals surface area contributed by atoms with E-state index in [2.05, 4.69) is 5.32 Å². The van der Waals surface area contributed by atoms with Crippen molar-refractivity contribution >= 4 is 21.6 Å². The van der Waals surface area contributed by atoms with Gasteiger partial charge < -0.3 is 5.32 Å². The molecule has 2 aromatic carbocycles. The summed E-state index contributed by atoms with van der Waals surface area (Å²) in [5.74, 6) is -0.434. The molecule has 1 amide bonds. The normalized spacial score (nSPS) is 11.2. The van der Waals surface area contributed by atoms with Crippen LogP contribution in [0.15, 0.2) is 47.4 Å². The van der Waals surface area contributed by atoms with Crippen molar-refractivity contribution in [2.24, 2.45) is 0 Å². The van der Waals surface area contributed by atoms with Gasteiger partial charge in [0.2, 0.25) is 10.0 Å². The van der Waals surface area contributed by atoms with E-state index in [1.165, 1.54) is 10.4 Å². The Kier molecular flexibility index (Phi) is 6.14. The molecule has 0 atom stereocenters. The Morgan fingerprint density at radius 2 is 1.85 bits per heavy atom. The minimum absolute atomic E-state index is 0.125. The van der Waals surface area contributed by atoms with Crippen LogP contribution >= 0.6 is 0 Å². The number of rotatable bonds is 6. The lowest BCUT2D eigenvalue weighted by Crippen LogP contribution is -2.31. The maximum Gasteiger partial charge on any atom is 0.255 e. The van der Waals surface area contributed by atoms with Crippen molar-refractivity contribution in [3.63, 3.8) is 0 Å². The number of benzene rings is 2. The van der Waals surface area contributed by atoms with Crippen molar-refractivity contribution in [2.45, 2.75) is 25.7 Å². The summed E-state index contributed by atoms with van der Waals surface area (Å²) >= 11 is 0. The summed E-state index contributed by atoms with van der Waals surface area (Å²) in [6, 6.07) is 13.1. The molecule has 136 valence electrons. The lowest BCUT2D eigenvalue weighted by molar-refractivity contribution is 0.102. The van der Waals surface area contributed by atoms with Crippen LogP contribution in [0.5, 0.6) is 0 Å². The van der Waals surface area contributed by atoms with Crippen molar-refractivity contribution < 1.29 is 13.2 Å². The van der Waals surface area contributed by atoms with E-state index in [9.17, 15) is 13.2 Å². The van der Waals surface area contributed by atoms with Crippen molar-refractivity contribution in [3.05, 3.63) is 59.2 Å². The largest absolute Gasteiger partial charge is 0.322 e. The minimum Gasteiger partial charge on any atom is -0.322 e. The number of nitrogens with one attached hydrogen (secondary N) is 1. The third kappa shape index (κ3) is 4.10. The summed E-state index contributed by atoms with van der Waals surface area (Å²) in [4.78, 5) is 12.6. The highest BCUT2D eigenvalue weighted by Crippen LogP contribution is 2.22. The number of hydrogen-bond acceptors (Lipinski definition) is 4. The number of carbonyl (C=O) groups is 1. The second-order valence-electron chi connectivity index (χ2n) is 5.72. The zero-order chi connectivity index (χ0) is 19.3. The number of sulfonamides is 1. The van der Waals surface area contributed by atoms with Gasteiger partial charge in [-0.3, -0.25) is 4.79 Å². The smallest absolute Gasteiger partial charge is 0.255 e. The van der Waals surface area contributed by atoms with Gasteiger partial charge in [-0.1, -0.05) is 26.0 Å². The van der Waals surface area contributed by atoms with Crippen LogP contribution in [0.3, 0.4) is 0 Å². The van der Waals surface area contributed by atoms with E-state index < -0.39 is 15.9 Å². The summed E-state index contributed by atoms with van der Waals surface area (Å²) in [6.45, 7) is 5.96. The zero-order valence-corrected chi connectivity index (χ0v) is 15.8. The Morgan fingerprint density at radius 1 is 1.15 bits per heavy atom. The molecule has 0 aliphatic rings. The van der Waals surface area contributed by atoms with E-state index in [0.717, 1.165) is 0 Å².